The molecule has 3 heterocycles. The van der Waals surface area contributed by atoms with Crippen LogP contribution >= 0.6 is 0 Å². The second-order valence-electron chi connectivity index (χ2n) is 10.9. The Bertz CT molecular complexity index is 1300. The Balaban J connectivity index is 0.000000204. The number of likely N-dealkylation sites (N-methyl/N-ethyl adjacent to an activating group) is 1. The molecular weight excluding hydrogens is 476 g/mol. The monoisotopic (exact) mass is 512 g/mol. The summed E-state index contributed by atoms with van der Waals surface area (Å²) in [5.41, 5.74) is 5.29. The number of amides is 1. The van der Waals surface area contributed by atoms with Crippen LogP contribution in [0.4, 0.5) is 0 Å². The summed E-state index contributed by atoms with van der Waals surface area (Å²) in [6.45, 7) is 2.30. The van der Waals surface area contributed by atoms with Crippen molar-refractivity contribution in [3.8, 4) is 11.5 Å². The third-order valence-electron chi connectivity index (χ3n) is 9.09. The standard InChI is InChI=1S/C24H27NO2.C8H9NO2/c26-20-10-9-17-15-19-18-7-4-8-21-24(18,22(17)23(20)27-21)12-14-25(19)13-11-16-5-2-1-3-6-16;1-9-8(10)3-2-7-4-5-11-6-7/h1-3,5-6,9-10,18-19,21,26H,4,7-8,11-15H2;2-6H,1H3,(H,9,10)/b;3-2+/t18-,19+,21-,24+;/m0./s1. The zero-order valence-corrected chi connectivity index (χ0v) is 21.9. The Kier molecular flexibility index (Phi) is 6.75. The Morgan fingerprint density at radius 3 is 2.84 bits per heavy atom. The van der Waals surface area contributed by atoms with Crippen molar-refractivity contribution >= 4 is 12.0 Å². The number of likely N-dealkylation sites (tertiary alicyclic amines) is 1. The van der Waals surface area contributed by atoms with Crippen LogP contribution in [0.3, 0.4) is 0 Å². The molecule has 4 atom stereocenters. The van der Waals surface area contributed by atoms with Crippen molar-refractivity contribution in [1.82, 2.24) is 10.2 Å². The van der Waals surface area contributed by atoms with Gasteiger partial charge in [-0.3, -0.25) is 9.69 Å². The van der Waals surface area contributed by atoms with Gasteiger partial charge in [-0.25, -0.2) is 0 Å². The smallest absolute Gasteiger partial charge is 0.243 e. The predicted molar refractivity (Wildman–Crippen MR) is 147 cm³/mol. The van der Waals surface area contributed by atoms with E-state index in [1.807, 2.05) is 6.07 Å². The van der Waals surface area contributed by atoms with Crippen LogP contribution in [0.2, 0.25) is 0 Å². The molecule has 1 amide bonds. The number of nitrogens with zero attached hydrogens (tertiary/aromatic N) is 1. The van der Waals surface area contributed by atoms with Crippen molar-refractivity contribution in [2.75, 3.05) is 20.1 Å². The van der Waals surface area contributed by atoms with E-state index in [2.05, 4.69) is 46.6 Å². The summed E-state index contributed by atoms with van der Waals surface area (Å²) >= 11 is 0. The number of aromatic hydroxyl groups is 1. The van der Waals surface area contributed by atoms with Crippen molar-refractivity contribution in [3.05, 3.63) is 89.4 Å². The number of furan rings is 1. The van der Waals surface area contributed by atoms with Gasteiger partial charge in [-0.2, -0.15) is 0 Å². The highest BCUT2D eigenvalue weighted by Crippen LogP contribution is 2.63. The lowest BCUT2D eigenvalue weighted by Crippen LogP contribution is -2.64. The molecule has 2 N–H and O–H groups in total. The molecule has 3 aromatic rings. The predicted octanol–water partition coefficient (Wildman–Crippen LogP) is 5.10. The molecule has 1 saturated carbocycles. The molecule has 2 bridgehead atoms. The van der Waals surface area contributed by atoms with Crippen LogP contribution in [0.15, 0.2) is 71.6 Å². The van der Waals surface area contributed by atoms with Crippen LogP contribution in [0.5, 0.6) is 11.5 Å². The quantitative estimate of drug-likeness (QED) is 0.465. The first-order valence-corrected chi connectivity index (χ1v) is 13.8. The molecule has 4 aliphatic rings. The van der Waals surface area contributed by atoms with Crippen LogP contribution in [0.1, 0.15) is 47.9 Å². The zero-order valence-electron chi connectivity index (χ0n) is 21.9. The number of carbonyl (C=O) groups is 1. The Labute approximate surface area is 224 Å². The van der Waals surface area contributed by atoms with E-state index >= 15 is 0 Å². The summed E-state index contributed by atoms with van der Waals surface area (Å²) in [5.74, 6) is 1.73. The van der Waals surface area contributed by atoms with Gasteiger partial charge in [0.2, 0.25) is 5.91 Å². The van der Waals surface area contributed by atoms with Gasteiger partial charge in [0.25, 0.3) is 0 Å². The molecule has 2 aliphatic heterocycles. The first-order valence-electron chi connectivity index (χ1n) is 13.8. The number of ether oxygens (including phenoxy) is 1. The summed E-state index contributed by atoms with van der Waals surface area (Å²) < 4.78 is 11.2. The van der Waals surface area contributed by atoms with Crippen molar-refractivity contribution < 1.29 is 19.1 Å². The maximum atomic E-state index is 10.7. The summed E-state index contributed by atoms with van der Waals surface area (Å²) in [6, 6.07) is 17.3. The van der Waals surface area contributed by atoms with Crippen LogP contribution < -0.4 is 10.1 Å². The Hall–Kier alpha value is -3.51. The fourth-order valence-electron chi connectivity index (χ4n) is 7.41. The van der Waals surface area contributed by atoms with Gasteiger partial charge in [0.1, 0.15) is 6.10 Å². The lowest BCUT2D eigenvalue weighted by atomic mass is 9.52. The number of nitrogens with one attached hydrogen (secondary N) is 1. The van der Waals surface area contributed by atoms with Gasteiger partial charge in [0, 0.05) is 42.3 Å². The minimum Gasteiger partial charge on any atom is -0.504 e. The minimum absolute atomic E-state index is 0.119. The third-order valence-corrected chi connectivity index (χ3v) is 9.09. The molecule has 0 radical (unpaired) electrons. The van der Waals surface area contributed by atoms with E-state index in [9.17, 15) is 9.90 Å². The zero-order chi connectivity index (χ0) is 26.1. The van der Waals surface area contributed by atoms with Gasteiger partial charge < -0.3 is 19.6 Å². The molecule has 2 fully saturated rings. The Morgan fingerprint density at radius 2 is 2.05 bits per heavy atom. The van der Waals surface area contributed by atoms with Gasteiger partial charge in [0.05, 0.1) is 12.5 Å². The maximum Gasteiger partial charge on any atom is 0.243 e. The molecule has 6 nitrogen and oxygen atoms in total. The fourth-order valence-corrected chi connectivity index (χ4v) is 7.41. The largest absolute Gasteiger partial charge is 0.504 e. The molecule has 1 spiro atoms. The third kappa shape index (κ3) is 4.31. The van der Waals surface area contributed by atoms with Crippen molar-refractivity contribution in [3.63, 3.8) is 0 Å². The second kappa shape index (κ2) is 10.3. The first-order chi connectivity index (χ1) is 18.6. The van der Waals surface area contributed by atoms with Gasteiger partial charge in [0.15, 0.2) is 11.5 Å². The van der Waals surface area contributed by atoms with E-state index in [1.54, 1.807) is 31.7 Å². The summed E-state index contributed by atoms with van der Waals surface area (Å²) in [6.07, 6.45) is 13.7. The fraction of sp³-hybridized carbons (Fsp3) is 0.406. The lowest BCUT2D eigenvalue weighted by Gasteiger charge is -2.58. The van der Waals surface area contributed by atoms with Gasteiger partial charge in [-0.05, 0) is 80.3 Å². The van der Waals surface area contributed by atoms with E-state index < -0.39 is 0 Å². The highest BCUT2D eigenvalue weighted by Gasteiger charge is 2.63. The number of carbonyl (C=O) groups excluding carboxylic acids is 1. The average Bonchev–Trinajstić information content (AvgIpc) is 3.59. The first kappa shape index (κ1) is 24.8. The highest BCUT2D eigenvalue weighted by molar-refractivity contribution is 5.91. The van der Waals surface area contributed by atoms with Crippen LogP contribution in [0.25, 0.3) is 6.08 Å². The minimum atomic E-state index is -0.119. The number of rotatable bonds is 5. The second-order valence-corrected chi connectivity index (χ2v) is 10.9. The molecule has 2 aliphatic carbocycles. The molecule has 1 saturated heterocycles. The van der Waals surface area contributed by atoms with Crippen molar-refractivity contribution in [2.45, 2.75) is 56.1 Å². The average molecular weight is 513 g/mol. The number of hydrogen-bond donors (Lipinski definition) is 2. The number of phenolic OH excluding ortho intramolecular Hbond substituents is 1. The van der Waals surface area contributed by atoms with Crippen molar-refractivity contribution in [2.24, 2.45) is 5.92 Å². The normalized spacial score (nSPS) is 26.7. The van der Waals surface area contributed by atoms with Crippen LogP contribution in [-0.4, -0.2) is 48.2 Å². The number of hydrogen-bond acceptors (Lipinski definition) is 5. The Morgan fingerprint density at radius 1 is 1.18 bits per heavy atom. The SMILES string of the molecule is CNC(=O)/C=C/c1ccoc1.Oc1ccc2c3c1O[C@H]1CCC[C@H]4[C@@H](C2)N(CCc2ccccc2)CC[C@]314. The van der Waals surface area contributed by atoms with Crippen LogP contribution in [0, 0.1) is 5.92 Å². The molecule has 2 aromatic carbocycles. The molecule has 6 heteroatoms. The van der Waals surface area contributed by atoms with E-state index in [1.165, 1.54) is 42.0 Å². The summed E-state index contributed by atoms with van der Waals surface area (Å²) in [4.78, 5) is 13.4. The van der Waals surface area contributed by atoms with E-state index in [-0.39, 0.29) is 17.4 Å². The molecule has 38 heavy (non-hydrogen) atoms. The summed E-state index contributed by atoms with van der Waals surface area (Å²) in [5, 5.41) is 12.9. The van der Waals surface area contributed by atoms with Crippen LogP contribution in [-0.2, 0) is 23.1 Å². The van der Waals surface area contributed by atoms with E-state index in [4.69, 9.17) is 9.15 Å². The highest BCUT2D eigenvalue weighted by atomic mass is 16.5. The number of phenols is 1. The number of piperidine rings is 1. The van der Waals surface area contributed by atoms with Crippen molar-refractivity contribution in [1.29, 1.82) is 0 Å². The molecule has 7 rings (SSSR count). The van der Waals surface area contributed by atoms with Gasteiger partial charge in [-0.1, -0.05) is 36.4 Å². The maximum absolute atomic E-state index is 10.7. The van der Waals surface area contributed by atoms with E-state index in [0.29, 0.717) is 17.7 Å². The van der Waals surface area contributed by atoms with Gasteiger partial charge in [-0.15, -0.1) is 0 Å². The molecular formula is C32H36N2O4. The molecule has 0 unspecified atom stereocenters. The molecule has 1 aromatic heterocycles. The summed E-state index contributed by atoms with van der Waals surface area (Å²) in [7, 11) is 1.59. The molecule has 198 valence electrons. The lowest BCUT2D eigenvalue weighted by molar-refractivity contribution is -0.115. The van der Waals surface area contributed by atoms with Gasteiger partial charge >= 0.3 is 0 Å². The number of benzene rings is 2. The topological polar surface area (TPSA) is 74.9 Å². The van der Waals surface area contributed by atoms with E-state index in [0.717, 1.165) is 43.7 Å².